The summed E-state index contributed by atoms with van der Waals surface area (Å²) < 4.78 is 40.1. The average Bonchev–Trinajstić information content (AvgIpc) is 2.90. The summed E-state index contributed by atoms with van der Waals surface area (Å²) in [5.74, 6) is 0. The fourth-order valence-electron chi connectivity index (χ4n) is 2.05. The van der Waals surface area contributed by atoms with Gasteiger partial charge in [0.2, 0.25) is 0 Å². The first-order valence-electron chi connectivity index (χ1n) is 5.99. The maximum absolute atomic E-state index is 12.7. The molecule has 1 aromatic carbocycles. The van der Waals surface area contributed by atoms with E-state index in [0.717, 1.165) is 27.7 Å². The van der Waals surface area contributed by atoms with Gasteiger partial charge in [-0.05, 0) is 26.0 Å². The molecular formula is C14H11F3N2S. The molecule has 0 saturated heterocycles. The van der Waals surface area contributed by atoms with Gasteiger partial charge in [0, 0.05) is 22.3 Å². The Morgan fingerprint density at radius 2 is 1.95 bits per heavy atom. The highest BCUT2D eigenvalue weighted by atomic mass is 32.1. The highest BCUT2D eigenvalue weighted by molar-refractivity contribution is 7.17. The Kier molecular flexibility index (Phi) is 2.86. The number of imidazole rings is 1. The van der Waals surface area contributed by atoms with Crippen LogP contribution in [0.3, 0.4) is 0 Å². The fourth-order valence-corrected chi connectivity index (χ4v) is 3.00. The van der Waals surface area contributed by atoms with Gasteiger partial charge in [0.25, 0.3) is 0 Å². The maximum atomic E-state index is 12.7. The summed E-state index contributed by atoms with van der Waals surface area (Å²) >= 11 is 1.53. The van der Waals surface area contributed by atoms with Crippen molar-refractivity contribution in [3.8, 4) is 11.3 Å². The average molecular weight is 296 g/mol. The van der Waals surface area contributed by atoms with E-state index in [1.807, 2.05) is 18.2 Å². The van der Waals surface area contributed by atoms with Crippen LogP contribution in [0.5, 0.6) is 0 Å². The first-order chi connectivity index (χ1) is 9.36. The van der Waals surface area contributed by atoms with E-state index >= 15 is 0 Å². The highest BCUT2D eigenvalue weighted by Gasteiger charge is 2.30. The van der Waals surface area contributed by atoms with E-state index in [1.54, 1.807) is 12.3 Å². The Morgan fingerprint density at radius 3 is 2.60 bits per heavy atom. The van der Waals surface area contributed by atoms with Crippen molar-refractivity contribution in [2.75, 3.05) is 0 Å². The van der Waals surface area contributed by atoms with Crippen molar-refractivity contribution in [2.24, 2.45) is 0 Å². The van der Waals surface area contributed by atoms with Crippen molar-refractivity contribution in [1.29, 1.82) is 0 Å². The molecule has 3 aromatic rings. The van der Waals surface area contributed by atoms with Crippen molar-refractivity contribution in [3.63, 3.8) is 0 Å². The second-order valence-electron chi connectivity index (χ2n) is 4.60. The first kappa shape index (κ1) is 13.2. The van der Waals surface area contributed by atoms with Crippen LogP contribution in [0, 0.1) is 13.8 Å². The summed E-state index contributed by atoms with van der Waals surface area (Å²) in [5, 5.41) is 0. The molecule has 0 aliphatic rings. The van der Waals surface area contributed by atoms with E-state index in [0.29, 0.717) is 11.3 Å². The molecule has 6 heteroatoms. The summed E-state index contributed by atoms with van der Waals surface area (Å²) in [6, 6.07) is 5.25. The highest BCUT2D eigenvalue weighted by Crippen LogP contribution is 2.32. The van der Waals surface area contributed by atoms with Crippen molar-refractivity contribution < 1.29 is 13.2 Å². The number of nitrogens with zero attached hydrogens (tertiary/aromatic N) is 2. The number of benzene rings is 1. The SMILES string of the molecule is Cc1sc2nc(-c3cccc(C(F)(F)F)c3)cn2c1C. The van der Waals surface area contributed by atoms with Crippen LogP contribution >= 0.6 is 11.3 Å². The molecule has 0 atom stereocenters. The predicted molar refractivity (Wildman–Crippen MR) is 73.0 cm³/mol. The third kappa shape index (κ3) is 2.10. The summed E-state index contributed by atoms with van der Waals surface area (Å²) in [4.78, 5) is 6.36. The van der Waals surface area contributed by atoms with Gasteiger partial charge in [-0.3, -0.25) is 4.40 Å². The van der Waals surface area contributed by atoms with Crippen LogP contribution in [-0.2, 0) is 6.18 Å². The van der Waals surface area contributed by atoms with Gasteiger partial charge < -0.3 is 0 Å². The predicted octanol–water partition coefficient (Wildman–Crippen LogP) is 4.70. The molecule has 20 heavy (non-hydrogen) atoms. The second-order valence-corrected chi connectivity index (χ2v) is 5.78. The van der Waals surface area contributed by atoms with Crippen LogP contribution < -0.4 is 0 Å². The number of hydrogen-bond donors (Lipinski definition) is 0. The number of halogens is 3. The maximum Gasteiger partial charge on any atom is 0.416 e. The molecule has 0 spiro atoms. The van der Waals surface area contributed by atoms with E-state index in [-0.39, 0.29) is 0 Å². The molecule has 0 unspecified atom stereocenters. The molecule has 0 aliphatic heterocycles. The molecule has 0 bridgehead atoms. The Morgan fingerprint density at radius 1 is 1.20 bits per heavy atom. The van der Waals surface area contributed by atoms with E-state index in [2.05, 4.69) is 4.98 Å². The van der Waals surface area contributed by atoms with Crippen LogP contribution in [0.2, 0.25) is 0 Å². The van der Waals surface area contributed by atoms with Crippen LogP contribution in [0.4, 0.5) is 13.2 Å². The van der Waals surface area contributed by atoms with Gasteiger partial charge in [-0.1, -0.05) is 12.1 Å². The molecule has 104 valence electrons. The minimum absolute atomic E-state index is 0.479. The monoisotopic (exact) mass is 296 g/mol. The molecule has 0 N–H and O–H groups in total. The van der Waals surface area contributed by atoms with Gasteiger partial charge in [0.15, 0.2) is 4.96 Å². The van der Waals surface area contributed by atoms with E-state index in [4.69, 9.17) is 0 Å². The van der Waals surface area contributed by atoms with Gasteiger partial charge in [-0.2, -0.15) is 13.2 Å². The van der Waals surface area contributed by atoms with Gasteiger partial charge in [0.05, 0.1) is 11.3 Å². The smallest absolute Gasteiger partial charge is 0.294 e. The molecule has 0 fully saturated rings. The van der Waals surface area contributed by atoms with Crippen molar-refractivity contribution >= 4 is 16.3 Å². The molecule has 0 saturated carbocycles. The van der Waals surface area contributed by atoms with E-state index < -0.39 is 11.7 Å². The normalized spacial score (nSPS) is 12.2. The molecule has 3 rings (SSSR count). The standard InChI is InChI=1S/C14H11F3N2S/c1-8-9(2)20-13-18-12(7-19(8)13)10-4-3-5-11(6-10)14(15,16)17/h3-7H,1-2H3. The van der Waals surface area contributed by atoms with Crippen LogP contribution in [0.1, 0.15) is 16.1 Å². The van der Waals surface area contributed by atoms with Gasteiger partial charge >= 0.3 is 6.18 Å². The topological polar surface area (TPSA) is 17.3 Å². The molecule has 2 aromatic heterocycles. The first-order valence-corrected chi connectivity index (χ1v) is 6.80. The lowest BCUT2D eigenvalue weighted by atomic mass is 10.1. The molecular weight excluding hydrogens is 285 g/mol. The molecule has 0 amide bonds. The van der Waals surface area contributed by atoms with Crippen molar-refractivity contribution in [2.45, 2.75) is 20.0 Å². The zero-order chi connectivity index (χ0) is 14.5. The number of aryl methyl sites for hydroxylation is 2. The Hall–Kier alpha value is -1.82. The van der Waals surface area contributed by atoms with Crippen LogP contribution in [-0.4, -0.2) is 9.38 Å². The third-order valence-corrected chi connectivity index (χ3v) is 4.35. The Labute approximate surface area is 117 Å². The lowest BCUT2D eigenvalue weighted by Crippen LogP contribution is -2.04. The molecule has 0 radical (unpaired) electrons. The summed E-state index contributed by atoms with van der Waals surface area (Å²) in [6.45, 7) is 3.97. The lowest BCUT2D eigenvalue weighted by molar-refractivity contribution is -0.137. The van der Waals surface area contributed by atoms with Crippen LogP contribution in [0.15, 0.2) is 30.5 Å². The van der Waals surface area contributed by atoms with E-state index in [9.17, 15) is 13.2 Å². The van der Waals surface area contributed by atoms with E-state index in [1.165, 1.54) is 17.4 Å². The molecule has 2 nitrogen and oxygen atoms in total. The van der Waals surface area contributed by atoms with Gasteiger partial charge in [-0.25, -0.2) is 4.98 Å². The van der Waals surface area contributed by atoms with Crippen LogP contribution in [0.25, 0.3) is 16.2 Å². The number of alkyl halides is 3. The number of rotatable bonds is 1. The van der Waals surface area contributed by atoms with Crippen molar-refractivity contribution in [3.05, 3.63) is 46.6 Å². The summed E-state index contributed by atoms with van der Waals surface area (Å²) in [6.07, 6.45) is -2.55. The van der Waals surface area contributed by atoms with Crippen molar-refractivity contribution in [1.82, 2.24) is 9.38 Å². The Balaban J connectivity index is 2.11. The lowest BCUT2D eigenvalue weighted by Gasteiger charge is -2.07. The number of hydrogen-bond acceptors (Lipinski definition) is 2. The Bertz CT molecular complexity index is 783. The zero-order valence-corrected chi connectivity index (χ0v) is 11.6. The fraction of sp³-hybridized carbons (Fsp3) is 0.214. The molecule has 2 heterocycles. The second kappa shape index (κ2) is 4.34. The summed E-state index contributed by atoms with van der Waals surface area (Å²) in [7, 11) is 0. The minimum Gasteiger partial charge on any atom is -0.294 e. The third-order valence-electron chi connectivity index (χ3n) is 3.27. The number of thiazole rings is 1. The quantitative estimate of drug-likeness (QED) is 0.636. The zero-order valence-electron chi connectivity index (χ0n) is 10.8. The molecule has 0 aliphatic carbocycles. The number of fused-ring (bicyclic) bond motifs is 1. The largest absolute Gasteiger partial charge is 0.416 e. The van der Waals surface area contributed by atoms with Gasteiger partial charge in [-0.15, -0.1) is 11.3 Å². The minimum atomic E-state index is -4.33. The van der Waals surface area contributed by atoms with Gasteiger partial charge in [0.1, 0.15) is 0 Å². The number of aromatic nitrogens is 2. The summed E-state index contributed by atoms with van der Waals surface area (Å²) in [5.41, 5.74) is 1.45.